The topological polar surface area (TPSA) is 118 Å². The van der Waals surface area contributed by atoms with Crippen LogP contribution in [0.1, 0.15) is 15.9 Å². The average Bonchev–Trinajstić information content (AvgIpc) is 2.66. The summed E-state index contributed by atoms with van der Waals surface area (Å²) in [7, 11) is 0. The minimum atomic E-state index is -4.62. The molecular formula is C19H12F3NO5S. The number of alkyl halides is 3. The highest BCUT2D eigenvalue weighted by molar-refractivity contribution is 7.16. The molecule has 0 saturated carbocycles. The molecule has 1 heterocycles. The van der Waals surface area contributed by atoms with E-state index >= 15 is 0 Å². The van der Waals surface area contributed by atoms with E-state index in [1.54, 1.807) is 0 Å². The maximum Gasteiger partial charge on any atom is 0.417 e. The second-order valence-electron chi connectivity index (χ2n) is 6.05. The average molecular weight is 423 g/mol. The molecule has 6 nitrogen and oxygen atoms in total. The summed E-state index contributed by atoms with van der Waals surface area (Å²) in [4.78, 5) is 35.3. The lowest BCUT2D eigenvalue weighted by Crippen LogP contribution is -2.40. The fourth-order valence-electron chi connectivity index (χ4n) is 2.82. The Kier molecular flexibility index (Phi) is 5.16. The molecule has 0 radical (unpaired) electrons. The van der Waals surface area contributed by atoms with E-state index in [0.29, 0.717) is 11.3 Å². The molecule has 0 aliphatic carbocycles. The molecule has 0 bridgehead atoms. The van der Waals surface area contributed by atoms with E-state index in [1.165, 1.54) is 36.4 Å². The number of benzene rings is 2. The summed E-state index contributed by atoms with van der Waals surface area (Å²) in [5.41, 5.74) is 3.47. The van der Waals surface area contributed by atoms with Gasteiger partial charge in [0, 0.05) is 10.1 Å². The molecule has 0 amide bonds. The molecule has 0 aliphatic heterocycles. The van der Waals surface area contributed by atoms with E-state index in [9.17, 15) is 32.7 Å². The summed E-state index contributed by atoms with van der Waals surface area (Å²) in [6.45, 7) is 0. The Labute approximate surface area is 164 Å². The van der Waals surface area contributed by atoms with Gasteiger partial charge in [-0.2, -0.15) is 13.2 Å². The summed E-state index contributed by atoms with van der Waals surface area (Å²) in [5.74, 6) is -3.80. The number of halogens is 3. The minimum Gasteiger partial charge on any atom is -0.506 e. The smallest absolute Gasteiger partial charge is 0.417 e. The van der Waals surface area contributed by atoms with Gasteiger partial charge in [-0.3, -0.25) is 14.4 Å². The van der Waals surface area contributed by atoms with Gasteiger partial charge in [0.2, 0.25) is 4.74 Å². The number of carbonyl (C=O) groups excluding carboxylic acids is 1. The molecule has 0 aliphatic rings. The molecule has 10 heteroatoms. The third-order valence-electron chi connectivity index (χ3n) is 4.22. The molecule has 4 N–H and O–H groups in total. The van der Waals surface area contributed by atoms with Gasteiger partial charge in [-0.15, -0.1) is 0 Å². The Hall–Kier alpha value is -3.24. The molecule has 3 rings (SSSR count). The minimum absolute atomic E-state index is 0.0648. The fourth-order valence-corrected chi connectivity index (χ4v) is 3.72. The standard InChI is InChI=1S/C19H12F3NO5S/c20-19(21,22)11-4-2-1-3-9(11)8-5-6-12-10(7-8)15(24)13(18(28)29-12)16(25)14(23)17(26)27/h1-7,14,24H,23H2,(H,26,27). The van der Waals surface area contributed by atoms with Crippen LogP contribution in [0.25, 0.3) is 21.2 Å². The van der Waals surface area contributed by atoms with Crippen LogP contribution < -0.4 is 10.5 Å². The lowest BCUT2D eigenvalue weighted by Gasteiger charge is -2.14. The molecule has 0 spiro atoms. The van der Waals surface area contributed by atoms with Crippen molar-refractivity contribution in [3.8, 4) is 16.9 Å². The Balaban J connectivity index is 2.25. The van der Waals surface area contributed by atoms with Crippen molar-refractivity contribution < 1.29 is 33.0 Å². The van der Waals surface area contributed by atoms with Gasteiger partial charge in [0.25, 0.3) is 0 Å². The number of rotatable bonds is 4. The molecule has 1 atom stereocenters. The van der Waals surface area contributed by atoms with Crippen molar-refractivity contribution in [3.05, 3.63) is 63.1 Å². The first kappa shape index (κ1) is 20.5. The Morgan fingerprint density at radius 2 is 1.76 bits per heavy atom. The summed E-state index contributed by atoms with van der Waals surface area (Å²) >= 11 is 0.546. The predicted molar refractivity (Wildman–Crippen MR) is 100 cm³/mol. The SMILES string of the molecule is NC(C(=O)O)C(=O)c1c(O)c2cc(-c3ccccc3C(F)(F)F)ccc2sc1=O. The summed E-state index contributed by atoms with van der Waals surface area (Å²) < 4.78 is 39.2. The Morgan fingerprint density at radius 1 is 1.10 bits per heavy atom. The van der Waals surface area contributed by atoms with E-state index in [4.69, 9.17) is 10.8 Å². The third kappa shape index (κ3) is 3.71. The summed E-state index contributed by atoms with van der Waals surface area (Å²) in [5, 5.41) is 19.3. The van der Waals surface area contributed by atoms with Crippen molar-refractivity contribution in [2.24, 2.45) is 5.73 Å². The van der Waals surface area contributed by atoms with E-state index in [2.05, 4.69) is 0 Å². The van der Waals surface area contributed by atoms with Gasteiger partial charge >= 0.3 is 12.1 Å². The van der Waals surface area contributed by atoms with Gasteiger partial charge in [0.1, 0.15) is 11.3 Å². The molecule has 150 valence electrons. The van der Waals surface area contributed by atoms with Gasteiger partial charge in [-0.25, -0.2) is 0 Å². The number of ketones is 1. The van der Waals surface area contributed by atoms with Crippen molar-refractivity contribution in [1.29, 1.82) is 0 Å². The van der Waals surface area contributed by atoms with Crippen LogP contribution in [0.5, 0.6) is 5.75 Å². The van der Waals surface area contributed by atoms with Gasteiger partial charge < -0.3 is 15.9 Å². The first-order valence-corrected chi connectivity index (χ1v) is 8.83. The number of aromatic hydroxyl groups is 1. The van der Waals surface area contributed by atoms with Gasteiger partial charge in [-0.05, 0) is 29.3 Å². The van der Waals surface area contributed by atoms with Crippen molar-refractivity contribution in [2.45, 2.75) is 12.2 Å². The van der Waals surface area contributed by atoms with Crippen LogP contribution in [0.3, 0.4) is 0 Å². The molecule has 0 saturated heterocycles. The van der Waals surface area contributed by atoms with Crippen LogP contribution in [0, 0.1) is 0 Å². The number of hydrogen-bond donors (Lipinski definition) is 3. The molecular weight excluding hydrogens is 411 g/mol. The summed E-state index contributed by atoms with van der Waals surface area (Å²) in [6, 6.07) is 6.64. The molecule has 1 unspecified atom stereocenters. The summed E-state index contributed by atoms with van der Waals surface area (Å²) in [6.07, 6.45) is -4.62. The van der Waals surface area contributed by atoms with Crippen molar-refractivity contribution in [2.75, 3.05) is 0 Å². The predicted octanol–water partition coefficient (Wildman–Crippen LogP) is 3.25. The largest absolute Gasteiger partial charge is 0.506 e. The molecule has 29 heavy (non-hydrogen) atoms. The zero-order valence-corrected chi connectivity index (χ0v) is 15.2. The maximum atomic E-state index is 13.3. The van der Waals surface area contributed by atoms with Crippen molar-refractivity contribution >= 4 is 33.2 Å². The number of carboxylic acid groups (broad SMARTS) is 1. The zero-order valence-electron chi connectivity index (χ0n) is 14.4. The lowest BCUT2D eigenvalue weighted by molar-refractivity contribution is -0.138. The number of fused-ring (bicyclic) bond motifs is 1. The van der Waals surface area contributed by atoms with E-state index in [1.807, 2.05) is 0 Å². The molecule has 1 aromatic heterocycles. The zero-order chi connectivity index (χ0) is 21.5. The first-order chi connectivity index (χ1) is 13.5. The van der Waals surface area contributed by atoms with Gasteiger partial charge in [-0.1, -0.05) is 35.6 Å². The number of carboxylic acids is 1. The van der Waals surface area contributed by atoms with E-state index < -0.39 is 45.6 Å². The number of nitrogens with two attached hydrogens (primary N) is 1. The second-order valence-corrected chi connectivity index (χ2v) is 7.06. The van der Waals surface area contributed by atoms with Gasteiger partial charge in [0.05, 0.1) is 5.56 Å². The van der Waals surface area contributed by atoms with E-state index in [0.717, 1.165) is 6.07 Å². The number of Topliss-reactive ketones (excluding diaryl/α,β-unsaturated/α-hetero) is 1. The van der Waals surface area contributed by atoms with Crippen LogP contribution in [0.2, 0.25) is 0 Å². The number of hydrogen-bond acceptors (Lipinski definition) is 6. The number of aliphatic carboxylic acids is 1. The monoisotopic (exact) mass is 423 g/mol. The maximum absolute atomic E-state index is 13.3. The number of carbonyl (C=O) groups is 2. The van der Waals surface area contributed by atoms with E-state index in [-0.39, 0.29) is 21.2 Å². The Morgan fingerprint density at radius 3 is 2.38 bits per heavy atom. The van der Waals surface area contributed by atoms with Crippen LogP contribution in [-0.2, 0) is 11.0 Å². The van der Waals surface area contributed by atoms with Crippen molar-refractivity contribution in [1.82, 2.24) is 0 Å². The fraction of sp³-hybridized carbons (Fsp3) is 0.105. The van der Waals surface area contributed by atoms with Crippen LogP contribution in [0.15, 0.2) is 47.3 Å². The normalized spacial score (nSPS) is 12.7. The second kappa shape index (κ2) is 7.30. The molecule has 3 aromatic rings. The quantitative estimate of drug-likeness (QED) is 0.438. The van der Waals surface area contributed by atoms with Crippen LogP contribution in [-0.4, -0.2) is 28.0 Å². The first-order valence-electron chi connectivity index (χ1n) is 8.01. The highest BCUT2D eigenvalue weighted by atomic mass is 32.1. The Bertz CT molecular complexity index is 1200. The highest BCUT2D eigenvalue weighted by Gasteiger charge is 2.33. The van der Waals surface area contributed by atoms with Gasteiger partial charge in [0.15, 0.2) is 11.8 Å². The van der Waals surface area contributed by atoms with Crippen LogP contribution in [0.4, 0.5) is 13.2 Å². The lowest BCUT2D eigenvalue weighted by atomic mass is 9.97. The van der Waals surface area contributed by atoms with Crippen molar-refractivity contribution in [3.63, 3.8) is 0 Å². The molecule has 0 fully saturated rings. The highest BCUT2D eigenvalue weighted by Crippen LogP contribution is 2.39. The van der Waals surface area contributed by atoms with Crippen LogP contribution >= 0.6 is 11.3 Å². The molecule has 2 aromatic carbocycles. The third-order valence-corrected chi connectivity index (χ3v) is 5.18.